The minimum Gasteiger partial charge on any atom is -0.382 e. The second-order valence-electron chi connectivity index (χ2n) is 4.46. The lowest BCUT2D eigenvalue weighted by Crippen LogP contribution is -2.14. The smallest absolute Gasteiger partial charge is 0.160 e. The molecule has 2 aromatic rings. The van der Waals surface area contributed by atoms with E-state index in [2.05, 4.69) is 18.8 Å². The van der Waals surface area contributed by atoms with Crippen molar-refractivity contribution in [2.45, 2.75) is 32.6 Å². The topological polar surface area (TPSA) is 69.9 Å². The van der Waals surface area contributed by atoms with Gasteiger partial charge in [0.1, 0.15) is 5.82 Å². The molecule has 1 heterocycles. The number of nitrogen functional groups attached to an aromatic ring is 2. The van der Waals surface area contributed by atoms with Crippen molar-refractivity contribution in [2.24, 2.45) is 0 Å². The molecule has 0 saturated heterocycles. The summed E-state index contributed by atoms with van der Waals surface area (Å²) in [4.78, 5) is 4.63. The fraction of sp³-hybridized carbons (Fsp3) is 0.357. The molecular weight excluding hydrogens is 224 g/mol. The molecule has 4 nitrogen and oxygen atoms in total. The third kappa shape index (κ3) is 2.06. The van der Waals surface area contributed by atoms with Crippen LogP contribution in [0, 0.1) is 0 Å². The van der Waals surface area contributed by atoms with Gasteiger partial charge in [-0.05, 0) is 12.8 Å². The normalized spacial score (nSPS) is 11.1. The first-order valence-electron chi connectivity index (χ1n) is 6.37. The molecule has 0 aliphatic heterocycles. The number of benzene rings is 1. The number of anilines is 1. The third-order valence-corrected chi connectivity index (χ3v) is 3.38. The first-order valence-corrected chi connectivity index (χ1v) is 6.37. The van der Waals surface area contributed by atoms with E-state index in [-0.39, 0.29) is 0 Å². The van der Waals surface area contributed by atoms with Crippen molar-refractivity contribution in [1.82, 2.24) is 9.66 Å². The van der Waals surface area contributed by atoms with Crippen molar-refractivity contribution in [3.05, 3.63) is 36.0 Å². The van der Waals surface area contributed by atoms with Crippen molar-refractivity contribution < 1.29 is 0 Å². The predicted molar refractivity (Wildman–Crippen MR) is 75.5 cm³/mol. The van der Waals surface area contributed by atoms with E-state index in [1.165, 1.54) is 4.68 Å². The molecule has 0 atom stereocenters. The molecule has 1 aromatic carbocycles. The standard InChI is InChI=1S/C14H20N4/c1-3-10(4-2)12-13(15)18(16)14(17-12)11-8-6-5-7-9-11/h5-10H,3-4,15-16H2,1-2H3. The lowest BCUT2D eigenvalue weighted by molar-refractivity contribution is 0.628. The molecule has 0 amide bonds. The Bertz CT molecular complexity index is 512. The minimum absolute atomic E-state index is 0.372. The molecule has 2 rings (SSSR count). The molecule has 4 heteroatoms. The van der Waals surface area contributed by atoms with E-state index in [1.807, 2.05) is 30.3 Å². The summed E-state index contributed by atoms with van der Waals surface area (Å²) in [5.74, 6) is 7.69. The number of nitrogens with zero attached hydrogens (tertiary/aromatic N) is 2. The van der Waals surface area contributed by atoms with Crippen molar-refractivity contribution in [2.75, 3.05) is 11.6 Å². The Labute approximate surface area is 108 Å². The molecule has 0 radical (unpaired) electrons. The fourth-order valence-corrected chi connectivity index (χ4v) is 2.23. The molecular formula is C14H20N4. The van der Waals surface area contributed by atoms with Crippen LogP contribution in [0.15, 0.2) is 30.3 Å². The molecule has 4 N–H and O–H groups in total. The molecule has 0 spiro atoms. The number of nitrogens with two attached hydrogens (primary N) is 2. The maximum Gasteiger partial charge on any atom is 0.160 e. The van der Waals surface area contributed by atoms with Gasteiger partial charge in [-0.3, -0.25) is 0 Å². The number of rotatable bonds is 4. The van der Waals surface area contributed by atoms with E-state index in [0.29, 0.717) is 11.7 Å². The van der Waals surface area contributed by atoms with Gasteiger partial charge in [-0.2, -0.15) is 0 Å². The molecule has 96 valence electrons. The van der Waals surface area contributed by atoms with Crippen LogP contribution in [0.3, 0.4) is 0 Å². The molecule has 0 fully saturated rings. The summed E-state index contributed by atoms with van der Waals surface area (Å²) in [5, 5.41) is 0. The number of aromatic nitrogens is 2. The van der Waals surface area contributed by atoms with Gasteiger partial charge in [0.15, 0.2) is 5.82 Å². The van der Waals surface area contributed by atoms with Gasteiger partial charge >= 0.3 is 0 Å². The molecule has 0 aliphatic carbocycles. The average molecular weight is 244 g/mol. The summed E-state index contributed by atoms with van der Waals surface area (Å²) in [7, 11) is 0. The number of hydrogen-bond donors (Lipinski definition) is 2. The van der Waals surface area contributed by atoms with Crippen LogP contribution in [-0.2, 0) is 0 Å². The quantitative estimate of drug-likeness (QED) is 0.812. The summed E-state index contributed by atoms with van der Waals surface area (Å²) in [6, 6.07) is 9.89. The van der Waals surface area contributed by atoms with E-state index >= 15 is 0 Å². The van der Waals surface area contributed by atoms with E-state index in [9.17, 15) is 0 Å². The van der Waals surface area contributed by atoms with Gasteiger partial charge in [-0.25, -0.2) is 9.66 Å². The summed E-state index contributed by atoms with van der Waals surface area (Å²) in [6.45, 7) is 4.29. The lowest BCUT2D eigenvalue weighted by Gasteiger charge is -2.09. The van der Waals surface area contributed by atoms with Gasteiger partial charge in [0.2, 0.25) is 0 Å². The zero-order valence-electron chi connectivity index (χ0n) is 10.9. The summed E-state index contributed by atoms with van der Waals surface area (Å²) < 4.78 is 1.49. The van der Waals surface area contributed by atoms with Gasteiger partial charge in [0.05, 0.1) is 5.69 Å². The zero-order chi connectivity index (χ0) is 13.1. The highest BCUT2D eigenvalue weighted by molar-refractivity contribution is 5.61. The first-order chi connectivity index (χ1) is 8.69. The zero-order valence-corrected chi connectivity index (χ0v) is 10.9. The Morgan fingerprint density at radius 3 is 2.33 bits per heavy atom. The Kier molecular flexibility index (Phi) is 3.55. The maximum absolute atomic E-state index is 6.07. The van der Waals surface area contributed by atoms with Crippen LogP contribution in [0.4, 0.5) is 5.82 Å². The van der Waals surface area contributed by atoms with Gasteiger partial charge < -0.3 is 11.6 Å². The fourth-order valence-electron chi connectivity index (χ4n) is 2.23. The molecule has 0 bridgehead atoms. The van der Waals surface area contributed by atoms with E-state index in [0.717, 1.165) is 29.9 Å². The van der Waals surface area contributed by atoms with Gasteiger partial charge in [0.25, 0.3) is 0 Å². The number of imidazole rings is 1. The van der Waals surface area contributed by atoms with Gasteiger partial charge in [0, 0.05) is 11.5 Å². The molecule has 0 aliphatic rings. The highest BCUT2D eigenvalue weighted by atomic mass is 15.4. The van der Waals surface area contributed by atoms with Gasteiger partial charge in [-0.15, -0.1) is 0 Å². The maximum atomic E-state index is 6.07. The Balaban J connectivity index is 2.49. The monoisotopic (exact) mass is 244 g/mol. The summed E-state index contributed by atoms with van der Waals surface area (Å²) in [6.07, 6.45) is 2.04. The van der Waals surface area contributed by atoms with Gasteiger partial charge in [-0.1, -0.05) is 44.2 Å². The predicted octanol–water partition coefficient (Wildman–Crippen LogP) is 2.75. The molecule has 18 heavy (non-hydrogen) atoms. The van der Waals surface area contributed by atoms with Crippen molar-refractivity contribution in [1.29, 1.82) is 0 Å². The van der Waals surface area contributed by atoms with Crippen LogP contribution in [-0.4, -0.2) is 9.66 Å². The van der Waals surface area contributed by atoms with Crippen LogP contribution in [0.25, 0.3) is 11.4 Å². The summed E-state index contributed by atoms with van der Waals surface area (Å²) >= 11 is 0. The average Bonchev–Trinajstić information content (AvgIpc) is 2.70. The van der Waals surface area contributed by atoms with Crippen LogP contribution in [0.1, 0.15) is 38.3 Å². The van der Waals surface area contributed by atoms with E-state index in [4.69, 9.17) is 11.6 Å². The summed E-state index contributed by atoms with van der Waals surface area (Å²) in [5.41, 5.74) is 7.98. The Morgan fingerprint density at radius 1 is 1.17 bits per heavy atom. The van der Waals surface area contributed by atoms with E-state index < -0.39 is 0 Å². The lowest BCUT2D eigenvalue weighted by atomic mass is 10.00. The molecule has 1 aromatic heterocycles. The van der Waals surface area contributed by atoms with Crippen LogP contribution < -0.4 is 11.6 Å². The second-order valence-corrected chi connectivity index (χ2v) is 4.46. The highest BCUT2D eigenvalue weighted by Gasteiger charge is 2.19. The Morgan fingerprint density at radius 2 is 1.78 bits per heavy atom. The van der Waals surface area contributed by atoms with Crippen LogP contribution in [0.2, 0.25) is 0 Å². The second kappa shape index (κ2) is 5.12. The molecule has 0 saturated carbocycles. The third-order valence-electron chi connectivity index (χ3n) is 3.38. The largest absolute Gasteiger partial charge is 0.382 e. The first kappa shape index (κ1) is 12.5. The highest BCUT2D eigenvalue weighted by Crippen LogP contribution is 2.30. The van der Waals surface area contributed by atoms with Crippen LogP contribution in [0.5, 0.6) is 0 Å². The van der Waals surface area contributed by atoms with E-state index in [1.54, 1.807) is 0 Å². The van der Waals surface area contributed by atoms with Crippen molar-refractivity contribution in [3.8, 4) is 11.4 Å². The van der Waals surface area contributed by atoms with Crippen molar-refractivity contribution in [3.63, 3.8) is 0 Å². The SMILES string of the molecule is CCC(CC)c1nc(-c2ccccc2)n(N)c1N. The number of hydrogen-bond acceptors (Lipinski definition) is 3. The Hall–Kier alpha value is -1.97. The van der Waals surface area contributed by atoms with Crippen molar-refractivity contribution >= 4 is 5.82 Å². The minimum atomic E-state index is 0.372. The molecule has 0 unspecified atom stereocenters. The van der Waals surface area contributed by atoms with Crippen LogP contribution >= 0.6 is 0 Å².